The monoisotopic (exact) mass is 375 g/mol. The van der Waals surface area contributed by atoms with Crippen molar-refractivity contribution >= 4 is 29.1 Å². The molecule has 4 rings (SSSR count). The molecule has 3 heterocycles. The van der Waals surface area contributed by atoms with Gasteiger partial charge in [-0.1, -0.05) is 12.6 Å². The minimum Gasteiger partial charge on any atom is -0.346 e. The Bertz CT molecular complexity index is 1100. The first-order valence-corrected chi connectivity index (χ1v) is 8.52. The van der Waals surface area contributed by atoms with E-state index in [0.717, 1.165) is 5.56 Å². The molecule has 9 nitrogen and oxygen atoms in total. The Morgan fingerprint density at radius 2 is 2.14 bits per heavy atom. The van der Waals surface area contributed by atoms with Gasteiger partial charge in [0.15, 0.2) is 0 Å². The molecule has 0 radical (unpaired) electrons. The Balaban J connectivity index is 1.70. The number of rotatable bonds is 5. The van der Waals surface area contributed by atoms with Crippen molar-refractivity contribution in [2.45, 2.75) is 6.54 Å². The summed E-state index contributed by atoms with van der Waals surface area (Å²) in [4.78, 5) is 32.7. The fourth-order valence-corrected chi connectivity index (χ4v) is 2.93. The summed E-state index contributed by atoms with van der Waals surface area (Å²) in [5, 5.41) is 12.8. The van der Waals surface area contributed by atoms with Gasteiger partial charge in [-0.25, -0.2) is 9.97 Å². The first kappa shape index (κ1) is 17.4. The minimum atomic E-state index is -0.297. The summed E-state index contributed by atoms with van der Waals surface area (Å²) in [5.74, 6) is -0.148. The van der Waals surface area contributed by atoms with Crippen LogP contribution in [0.15, 0.2) is 49.3 Å². The highest BCUT2D eigenvalue weighted by atomic mass is 16.2. The number of amides is 2. The molecule has 0 fully saturated rings. The predicted octanol–water partition coefficient (Wildman–Crippen LogP) is 1.99. The van der Waals surface area contributed by atoms with Gasteiger partial charge in [0.25, 0.3) is 5.91 Å². The van der Waals surface area contributed by atoms with Gasteiger partial charge >= 0.3 is 0 Å². The molecule has 0 unspecified atom stereocenters. The predicted molar refractivity (Wildman–Crippen MR) is 104 cm³/mol. The van der Waals surface area contributed by atoms with E-state index in [0.29, 0.717) is 40.8 Å². The van der Waals surface area contributed by atoms with Crippen LogP contribution in [0.5, 0.6) is 0 Å². The molecule has 9 heteroatoms. The second kappa shape index (κ2) is 6.95. The number of nitrogens with zero attached hydrogens (tertiary/aromatic N) is 4. The molecule has 2 aromatic heterocycles. The van der Waals surface area contributed by atoms with E-state index in [2.05, 4.69) is 37.6 Å². The molecular formula is C19H17N7O2. The third-order valence-corrected chi connectivity index (χ3v) is 4.18. The lowest BCUT2D eigenvalue weighted by Gasteiger charge is -2.10. The van der Waals surface area contributed by atoms with E-state index in [9.17, 15) is 9.59 Å². The van der Waals surface area contributed by atoms with Gasteiger partial charge in [-0.2, -0.15) is 5.10 Å². The number of carbonyl (C=O) groups excluding carboxylic acids is 2. The third kappa shape index (κ3) is 3.32. The zero-order valence-electron chi connectivity index (χ0n) is 15.1. The van der Waals surface area contributed by atoms with Crippen LogP contribution in [-0.2, 0) is 18.4 Å². The number of fused-ring (bicyclic) bond motifs is 1. The van der Waals surface area contributed by atoms with Crippen LogP contribution >= 0.6 is 0 Å². The first-order valence-electron chi connectivity index (χ1n) is 8.52. The van der Waals surface area contributed by atoms with Crippen LogP contribution in [0.25, 0.3) is 11.3 Å². The number of hydrogen-bond acceptors (Lipinski definition) is 6. The summed E-state index contributed by atoms with van der Waals surface area (Å²) < 4.78 is 1.65. The van der Waals surface area contributed by atoms with Gasteiger partial charge in [0.1, 0.15) is 0 Å². The molecule has 3 aromatic rings. The number of hydrogen-bond donors (Lipinski definition) is 3. The van der Waals surface area contributed by atoms with Crippen molar-refractivity contribution in [2.75, 3.05) is 10.6 Å². The molecule has 0 saturated heterocycles. The van der Waals surface area contributed by atoms with E-state index in [4.69, 9.17) is 0 Å². The van der Waals surface area contributed by atoms with E-state index >= 15 is 0 Å². The molecule has 2 amide bonds. The van der Waals surface area contributed by atoms with Crippen LogP contribution in [0.1, 0.15) is 16.1 Å². The Kier molecular flexibility index (Phi) is 4.32. The highest BCUT2D eigenvalue weighted by Gasteiger charge is 2.27. The van der Waals surface area contributed by atoms with Crippen molar-refractivity contribution in [3.63, 3.8) is 0 Å². The number of aryl methyl sites for hydroxylation is 1. The maximum absolute atomic E-state index is 12.2. The zero-order valence-corrected chi connectivity index (χ0v) is 15.1. The summed E-state index contributed by atoms with van der Waals surface area (Å²) in [6.07, 6.45) is 4.65. The van der Waals surface area contributed by atoms with Gasteiger partial charge in [0.2, 0.25) is 11.9 Å². The summed E-state index contributed by atoms with van der Waals surface area (Å²) in [5.41, 5.74) is 3.64. The fraction of sp³-hybridized carbons (Fsp3) is 0.105. The van der Waals surface area contributed by atoms with Gasteiger partial charge in [-0.15, -0.1) is 0 Å². The molecule has 0 spiro atoms. The second-order valence-corrected chi connectivity index (χ2v) is 6.20. The Morgan fingerprint density at radius 1 is 1.32 bits per heavy atom. The maximum atomic E-state index is 12.2. The van der Waals surface area contributed by atoms with Crippen LogP contribution in [-0.4, -0.2) is 31.6 Å². The number of anilines is 3. The van der Waals surface area contributed by atoms with E-state index < -0.39 is 0 Å². The molecule has 1 aliphatic rings. The van der Waals surface area contributed by atoms with Crippen molar-refractivity contribution < 1.29 is 9.59 Å². The van der Waals surface area contributed by atoms with E-state index in [-0.39, 0.29) is 11.8 Å². The van der Waals surface area contributed by atoms with Gasteiger partial charge in [-0.05, 0) is 24.3 Å². The molecule has 140 valence electrons. The average Bonchev–Trinajstić information content (AvgIpc) is 3.27. The molecule has 0 aliphatic carbocycles. The number of carbonyl (C=O) groups is 2. The molecule has 1 aromatic carbocycles. The molecule has 28 heavy (non-hydrogen) atoms. The van der Waals surface area contributed by atoms with Crippen LogP contribution in [0.4, 0.5) is 17.3 Å². The average molecular weight is 375 g/mol. The van der Waals surface area contributed by atoms with Crippen molar-refractivity contribution in [3.05, 3.63) is 60.6 Å². The van der Waals surface area contributed by atoms with E-state index in [1.54, 1.807) is 42.3 Å². The highest BCUT2D eigenvalue weighted by molar-refractivity contribution is 6.03. The topological polar surface area (TPSA) is 114 Å². The zero-order chi connectivity index (χ0) is 19.7. The fourth-order valence-electron chi connectivity index (χ4n) is 2.93. The lowest BCUT2D eigenvalue weighted by atomic mass is 10.1. The molecule has 0 saturated carbocycles. The smallest absolute Gasteiger partial charge is 0.255 e. The van der Waals surface area contributed by atoms with E-state index in [1.807, 2.05) is 6.07 Å². The SMILES string of the molecule is C=CC(=O)Nc1cccc(Nc2nc3c(c(-c4cnn(C)c4)n2)C(=O)NC3)c1. The standard InChI is InChI=1S/C19H17N7O2/c1-3-15(27)22-12-5-4-6-13(7-12)23-19-24-14-9-20-18(28)16(14)17(25-19)11-8-21-26(2)10-11/h3-8,10H,1,9H2,2H3,(H,20,28)(H,22,27)(H,23,24,25). The number of aromatic nitrogens is 4. The van der Waals surface area contributed by atoms with Crippen LogP contribution in [0.2, 0.25) is 0 Å². The summed E-state index contributed by atoms with van der Waals surface area (Å²) in [7, 11) is 1.80. The lowest BCUT2D eigenvalue weighted by Crippen LogP contribution is -2.13. The van der Waals surface area contributed by atoms with Crippen molar-refractivity contribution in [1.82, 2.24) is 25.1 Å². The largest absolute Gasteiger partial charge is 0.346 e. The van der Waals surface area contributed by atoms with Crippen LogP contribution in [0, 0.1) is 0 Å². The highest BCUT2D eigenvalue weighted by Crippen LogP contribution is 2.28. The Hall–Kier alpha value is -4.01. The summed E-state index contributed by atoms with van der Waals surface area (Å²) >= 11 is 0. The van der Waals surface area contributed by atoms with E-state index in [1.165, 1.54) is 6.08 Å². The Morgan fingerprint density at radius 3 is 2.89 bits per heavy atom. The van der Waals surface area contributed by atoms with Crippen LogP contribution in [0.3, 0.4) is 0 Å². The van der Waals surface area contributed by atoms with Gasteiger partial charge in [-0.3, -0.25) is 14.3 Å². The maximum Gasteiger partial charge on any atom is 0.255 e. The molecular weight excluding hydrogens is 358 g/mol. The summed E-state index contributed by atoms with van der Waals surface area (Å²) in [6.45, 7) is 3.78. The first-order chi connectivity index (χ1) is 13.5. The minimum absolute atomic E-state index is 0.200. The van der Waals surface area contributed by atoms with Gasteiger partial charge in [0.05, 0.1) is 29.7 Å². The number of benzene rings is 1. The van der Waals surface area contributed by atoms with Crippen molar-refractivity contribution in [1.29, 1.82) is 0 Å². The van der Waals surface area contributed by atoms with Gasteiger partial charge < -0.3 is 16.0 Å². The van der Waals surface area contributed by atoms with Crippen LogP contribution < -0.4 is 16.0 Å². The number of nitrogens with one attached hydrogen (secondary N) is 3. The molecule has 1 aliphatic heterocycles. The molecule has 0 atom stereocenters. The quantitative estimate of drug-likeness (QED) is 0.588. The van der Waals surface area contributed by atoms with Gasteiger partial charge in [0, 0.05) is 30.2 Å². The normalized spacial score (nSPS) is 12.2. The lowest BCUT2D eigenvalue weighted by molar-refractivity contribution is -0.111. The van der Waals surface area contributed by atoms with Crippen molar-refractivity contribution in [3.8, 4) is 11.3 Å². The third-order valence-electron chi connectivity index (χ3n) is 4.18. The van der Waals surface area contributed by atoms with Crippen molar-refractivity contribution in [2.24, 2.45) is 7.05 Å². The Labute approximate surface area is 160 Å². The molecule has 3 N–H and O–H groups in total. The summed E-state index contributed by atoms with van der Waals surface area (Å²) in [6, 6.07) is 7.14. The molecule has 0 bridgehead atoms. The second-order valence-electron chi connectivity index (χ2n) is 6.20.